The van der Waals surface area contributed by atoms with E-state index in [1.807, 2.05) is 6.92 Å². The molecule has 0 atom stereocenters. The molecular formula is C14H19N3O5S. The van der Waals surface area contributed by atoms with E-state index in [9.17, 15) is 13.2 Å². The van der Waals surface area contributed by atoms with Gasteiger partial charge in [-0.15, -0.1) is 0 Å². The highest BCUT2D eigenvalue weighted by Crippen LogP contribution is 2.15. The second-order valence-electron chi connectivity index (χ2n) is 4.61. The van der Waals surface area contributed by atoms with E-state index in [-0.39, 0.29) is 17.2 Å². The summed E-state index contributed by atoms with van der Waals surface area (Å²) in [4.78, 5) is 11.6. The molecule has 1 rings (SSSR count). The van der Waals surface area contributed by atoms with Gasteiger partial charge in [0.1, 0.15) is 0 Å². The SMILES string of the molecule is CCOC(=O)C(=N\O)/C(C)=N/N(C)S(=O)(=O)c1ccc(C)cc1. The summed E-state index contributed by atoms with van der Waals surface area (Å²) in [6, 6.07) is 6.24. The summed E-state index contributed by atoms with van der Waals surface area (Å²) in [5, 5.41) is 15.5. The van der Waals surface area contributed by atoms with Gasteiger partial charge < -0.3 is 9.94 Å². The number of carbonyl (C=O) groups excluding carboxylic acids is 1. The quantitative estimate of drug-likeness (QED) is 0.364. The second-order valence-corrected chi connectivity index (χ2v) is 6.56. The number of aryl methyl sites for hydroxylation is 1. The lowest BCUT2D eigenvalue weighted by Gasteiger charge is -2.15. The molecule has 0 radical (unpaired) electrons. The van der Waals surface area contributed by atoms with Crippen LogP contribution in [-0.4, -0.2) is 49.1 Å². The summed E-state index contributed by atoms with van der Waals surface area (Å²) >= 11 is 0. The maximum absolute atomic E-state index is 12.4. The Labute approximate surface area is 135 Å². The van der Waals surface area contributed by atoms with Gasteiger partial charge in [-0.1, -0.05) is 22.9 Å². The van der Waals surface area contributed by atoms with Gasteiger partial charge in [0, 0.05) is 7.05 Å². The Hall–Kier alpha value is -2.42. The number of hydrogen-bond donors (Lipinski definition) is 1. The second kappa shape index (κ2) is 7.73. The molecule has 0 fully saturated rings. The van der Waals surface area contributed by atoms with Crippen molar-refractivity contribution >= 4 is 27.4 Å². The van der Waals surface area contributed by atoms with Gasteiger partial charge in [0.05, 0.1) is 17.2 Å². The summed E-state index contributed by atoms with van der Waals surface area (Å²) in [6.07, 6.45) is 0. The molecular weight excluding hydrogens is 322 g/mol. The van der Waals surface area contributed by atoms with Crippen LogP contribution in [0.2, 0.25) is 0 Å². The number of hydrazone groups is 1. The predicted molar refractivity (Wildman–Crippen MR) is 85.1 cm³/mol. The number of carbonyl (C=O) groups is 1. The molecule has 23 heavy (non-hydrogen) atoms. The van der Waals surface area contributed by atoms with Gasteiger partial charge in [0.15, 0.2) is 0 Å². The van der Waals surface area contributed by atoms with Crippen LogP contribution in [0.3, 0.4) is 0 Å². The molecule has 0 aromatic heterocycles. The van der Waals surface area contributed by atoms with E-state index in [4.69, 9.17) is 9.94 Å². The molecule has 9 heteroatoms. The summed E-state index contributed by atoms with van der Waals surface area (Å²) in [5.74, 6) is -0.891. The summed E-state index contributed by atoms with van der Waals surface area (Å²) in [5.41, 5.74) is 0.366. The molecule has 0 heterocycles. The normalized spacial score (nSPS) is 12.9. The van der Waals surface area contributed by atoms with Crippen molar-refractivity contribution < 1.29 is 23.2 Å². The monoisotopic (exact) mass is 341 g/mol. The molecule has 1 aromatic carbocycles. The number of esters is 1. The van der Waals surface area contributed by atoms with E-state index in [2.05, 4.69) is 10.3 Å². The Bertz CT molecular complexity index is 723. The zero-order valence-electron chi connectivity index (χ0n) is 13.3. The standard InChI is InChI=1S/C14H19N3O5S/c1-5-22-14(18)13(16-19)11(3)15-17(4)23(20,21)12-8-6-10(2)7-9-12/h6-9,19H,5H2,1-4H3/b15-11+,16-13-. The summed E-state index contributed by atoms with van der Waals surface area (Å²) < 4.78 is 30.2. The highest BCUT2D eigenvalue weighted by Gasteiger charge is 2.22. The molecule has 0 spiro atoms. The number of nitrogens with zero attached hydrogens (tertiary/aromatic N) is 3. The van der Waals surface area contributed by atoms with Crippen LogP contribution in [0.5, 0.6) is 0 Å². The van der Waals surface area contributed by atoms with Crippen molar-refractivity contribution in [2.45, 2.75) is 25.7 Å². The van der Waals surface area contributed by atoms with Gasteiger partial charge in [-0.3, -0.25) is 0 Å². The number of rotatable bonds is 6. The van der Waals surface area contributed by atoms with Crippen molar-refractivity contribution in [1.29, 1.82) is 0 Å². The van der Waals surface area contributed by atoms with Crippen LogP contribution in [0.25, 0.3) is 0 Å². The number of benzene rings is 1. The summed E-state index contributed by atoms with van der Waals surface area (Å²) in [7, 11) is -2.65. The third-order valence-corrected chi connectivity index (χ3v) is 4.51. The van der Waals surface area contributed by atoms with E-state index in [0.717, 1.165) is 5.56 Å². The van der Waals surface area contributed by atoms with Crippen molar-refractivity contribution in [2.75, 3.05) is 13.7 Å². The van der Waals surface area contributed by atoms with Crippen LogP contribution in [0.4, 0.5) is 0 Å². The fraction of sp³-hybridized carbons (Fsp3) is 0.357. The van der Waals surface area contributed by atoms with Gasteiger partial charge in [-0.2, -0.15) is 17.9 Å². The van der Waals surface area contributed by atoms with E-state index in [0.29, 0.717) is 4.41 Å². The molecule has 0 aliphatic heterocycles. The van der Waals surface area contributed by atoms with Crippen LogP contribution >= 0.6 is 0 Å². The number of oxime groups is 1. The van der Waals surface area contributed by atoms with Crippen LogP contribution in [0.1, 0.15) is 19.4 Å². The van der Waals surface area contributed by atoms with Crippen LogP contribution in [-0.2, 0) is 19.6 Å². The van der Waals surface area contributed by atoms with Crippen LogP contribution in [0, 0.1) is 6.92 Å². The molecule has 1 N–H and O–H groups in total. The Morgan fingerprint density at radius 3 is 2.35 bits per heavy atom. The summed E-state index contributed by atoms with van der Waals surface area (Å²) in [6.45, 7) is 4.86. The zero-order chi connectivity index (χ0) is 17.6. The maximum Gasteiger partial charge on any atom is 0.362 e. The van der Waals surface area contributed by atoms with E-state index >= 15 is 0 Å². The van der Waals surface area contributed by atoms with Gasteiger partial charge in [0.25, 0.3) is 10.0 Å². The first-order valence-electron chi connectivity index (χ1n) is 6.74. The minimum absolute atomic E-state index is 0.0563. The van der Waals surface area contributed by atoms with E-state index in [1.165, 1.54) is 26.1 Å². The smallest absolute Gasteiger partial charge is 0.362 e. The number of sulfonamides is 1. The van der Waals surface area contributed by atoms with E-state index < -0.39 is 21.7 Å². The Morgan fingerprint density at radius 1 is 1.30 bits per heavy atom. The maximum atomic E-state index is 12.4. The molecule has 0 amide bonds. The Morgan fingerprint density at radius 2 is 1.87 bits per heavy atom. The molecule has 0 bridgehead atoms. The minimum Gasteiger partial charge on any atom is -0.461 e. The molecule has 0 saturated heterocycles. The molecule has 0 saturated carbocycles. The minimum atomic E-state index is -3.87. The zero-order valence-corrected chi connectivity index (χ0v) is 14.2. The average molecular weight is 341 g/mol. The number of ether oxygens (including phenoxy) is 1. The van der Waals surface area contributed by atoms with Gasteiger partial charge in [0.2, 0.25) is 5.71 Å². The molecule has 0 aliphatic carbocycles. The number of hydrogen-bond acceptors (Lipinski definition) is 7. The molecule has 126 valence electrons. The topological polar surface area (TPSA) is 109 Å². The van der Waals surface area contributed by atoms with Crippen molar-refractivity contribution in [2.24, 2.45) is 10.3 Å². The predicted octanol–water partition coefficient (Wildman–Crippen LogP) is 1.38. The fourth-order valence-corrected chi connectivity index (χ4v) is 2.65. The largest absolute Gasteiger partial charge is 0.461 e. The highest BCUT2D eigenvalue weighted by molar-refractivity contribution is 7.89. The van der Waals surface area contributed by atoms with Crippen molar-refractivity contribution in [3.05, 3.63) is 29.8 Å². The van der Waals surface area contributed by atoms with Gasteiger partial charge in [-0.25, -0.2) is 4.79 Å². The van der Waals surface area contributed by atoms with E-state index in [1.54, 1.807) is 19.1 Å². The third-order valence-electron chi connectivity index (χ3n) is 2.87. The first-order valence-corrected chi connectivity index (χ1v) is 8.18. The Balaban J connectivity index is 3.10. The average Bonchev–Trinajstić information content (AvgIpc) is 2.48. The molecule has 0 unspecified atom stereocenters. The fourth-order valence-electron chi connectivity index (χ4n) is 1.64. The molecule has 0 aliphatic rings. The molecule has 1 aromatic rings. The molecule has 8 nitrogen and oxygen atoms in total. The van der Waals surface area contributed by atoms with Crippen LogP contribution in [0.15, 0.2) is 39.4 Å². The van der Waals surface area contributed by atoms with Crippen molar-refractivity contribution in [3.8, 4) is 0 Å². The first-order chi connectivity index (χ1) is 10.7. The van der Waals surface area contributed by atoms with Crippen molar-refractivity contribution in [3.63, 3.8) is 0 Å². The lowest BCUT2D eigenvalue weighted by atomic mass is 10.2. The van der Waals surface area contributed by atoms with Gasteiger partial charge in [-0.05, 0) is 32.9 Å². The highest BCUT2D eigenvalue weighted by atomic mass is 32.2. The van der Waals surface area contributed by atoms with Gasteiger partial charge >= 0.3 is 5.97 Å². The Kier molecular flexibility index (Phi) is 6.26. The van der Waals surface area contributed by atoms with Crippen molar-refractivity contribution in [1.82, 2.24) is 4.41 Å². The lowest BCUT2D eigenvalue weighted by Crippen LogP contribution is -2.29. The lowest BCUT2D eigenvalue weighted by molar-refractivity contribution is -0.134. The first kappa shape index (κ1) is 18.6. The van der Waals surface area contributed by atoms with Crippen LogP contribution < -0.4 is 0 Å². The third kappa shape index (κ3) is 4.52.